The van der Waals surface area contributed by atoms with Crippen LogP contribution in [0.3, 0.4) is 0 Å². The van der Waals surface area contributed by atoms with E-state index >= 15 is 0 Å². The van der Waals surface area contributed by atoms with Crippen LogP contribution in [0, 0.1) is 0 Å². The first-order valence-electron chi connectivity index (χ1n) is 20.0. The van der Waals surface area contributed by atoms with Gasteiger partial charge in [0.05, 0.1) is 11.4 Å². The molecular weight excluding hydrogens is 705 g/mol. The first-order chi connectivity index (χ1) is 28.5. The predicted molar refractivity (Wildman–Crippen MR) is 242 cm³/mol. The Morgan fingerprint density at radius 2 is 0.948 bits per heavy atom. The molecule has 3 heteroatoms. The maximum absolute atomic E-state index is 6.90. The fourth-order valence-corrected chi connectivity index (χ4v) is 9.32. The molecular formula is C55H40N2O. The second kappa shape index (κ2) is 13.4. The number of anilines is 6. The summed E-state index contributed by atoms with van der Waals surface area (Å²) in [6.45, 7) is 4.68. The molecule has 9 aromatic rings. The largest absolute Gasteiger partial charge is 0.456 e. The van der Waals surface area contributed by atoms with Gasteiger partial charge in [-0.05, 0) is 112 Å². The van der Waals surface area contributed by atoms with Gasteiger partial charge >= 0.3 is 0 Å². The zero-order chi connectivity index (χ0) is 38.8. The van der Waals surface area contributed by atoms with E-state index in [4.69, 9.17) is 4.74 Å². The number of para-hydroxylation sites is 2. The molecule has 2 aliphatic rings. The maximum Gasteiger partial charge on any atom is 0.137 e. The second-order valence-electron chi connectivity index (χ2n) is 15.7. The minimum atomic E-state index is -0.0807. The highest BCUT2D eigenvalue weighted by atomic mass is 16.5. The van der Waals surface area contributed by atoms with E-state index in [1.165, 1.54) is 33.4 Å². The Balaban J connectivity index is 1.12. The van der Waals surface area contributed by atoms with Crippen molar-refractivity contribution in [2.75, 3.05) is 9.80 Å². The highest BCUT2D eigenvalue weighted by Gasteiger charge is 2.36. The van der Waals surface area contributed by atoms with Crippen LogP contribution in [-0.4, -0.2) is 0 Å². The van der Waals surface area contributed by atoms with Crippen molar-refractivity contribution in [3.63, 3.8) is 0 Å². The lowest BCUT2D eigenvalue weighted by Gasteiger charge is -2.32. The monoisotopic (exact) mass is 744 g/mol. The molecule has 9 aromatic carbocycles. The van der Waals surface area contributed by atoms with Crippen molar-refractivity contribution in [2.45, 2.75) is 19.3 Å². The minimum Gasteiger partial charge on any atom is -0.456 e. The standard InChI is InChI=1S/C55H40N2O/c1-55(2)47-25-13-12-22-43(47)46-36-42(32-33-48(46)55)57(41-30-28-38(29-31-41)37-16-6-3-7-17-37)49-34-35-52-53-44(49)23-14-24-45(53)54-50(26-15-27-51(54)58-52)56(39-18-8-4-9-19-39)40-20-10-5-11-21-40/h3-36H,1-2H3. The van der Waals surface area contributed by atoms with Gasteiger partial charge in [-0.25, -0.2) is 0 Å². The lowest BCUT2D eigenvalue weighted by molar-refractivity contribution is 0.487. The van der Waals surface area contributed by atoms with E-state index in [-0.39, 0.29) is 5.41 Å². The zero-order valence-electron chi connectivity index (χ0n) is 32.4. The number of hydrogen-bond donors (Lipinski definition) is 0. The van der Waals surface area contributed by atoms with Crippen molar-refractivity contribution in [3.05, 3.63) is 217 Å². The third-order valence-electron chi connectivity index (χ3n) is 12.0. The smallest absolute Gasteiger partial charge is 0.137 e. The van der Waals surface area contributed by atoms with Crippen LogP contribution in [0.15, 0.2) is 206 Å². The number of hydrogen-bond acceptors (Lipinski definition) is 3. The average Bonchev–Trinajstić information content (AvgIpc) is 3.51. The Bertz CT molecular complexity index is 2950. The van der Waals surface area contributed by atoms with Gasteiger partial charge in [-0.1, -0.05) is 147 Å². The molecule has 1 aliphatic heterocycles. The summed E-state index contributed by atoms with van der Waals surface area (Å²) in [5.41, 5.74) is 16.3. The van der Waals surface area contributed by atoms with Gasteiger partial charge in [-0.15, -0.1) is 0 Å². The van der Waals surface area contributed by atoms with Crippen LogP contribution in [0.1, 0.15) is 25.0 Å². The molecule has 0 N–H and O–H groups in total. The normalized spacial score (nSPS) is 12.9. The Kier molecular flexibility index (Phi) is 7.84. The van der Waals surface area contributed by atoms with Gasteiger partial charge in [-0.3, -0.25) is 0 Å². The highest BCUT2D eigenvalue weighted by molar-refractivity contribution is 6.13. The van der Waals surface area contributed by atoms with Crippen LogP contribution in [0.25, 0.3) is 44.2 Å². The van der Waals surface area contributed by atoms with Gasteiger partial charge in [0.25, 0.3) is 0 Å². The summed E-state index contributed by atoms with van der Waals surface area (Å²) < 4.78 is 6.90. The topological polar surface area (TPSA) is 15.7 Å². The Labute approximate surface area is 339 Å². The summed E-state index contributed by atoms with van der Waals surface area (Å²) in [6.07, 6.45) is 0. The molecule has 0 fully saturated rings. The molecule has 0 radical (unpaired) electrons. The fraction of sp³-hybridized carbons (Fsp3) is 0.0545. The van der Waals surface area contributed by atoms with Crippen LogP contribution in [0.5, 0.6) is 11.5 Å². The quantitative estimate of drug-likeness (QED) is 0.162. The molecule has 276 valence electrons. The lowest BCUT2D eigenvalue weighted by Crippen LogP contribution is -2.15. The molecule has 0 saturated heterocycles. The van der Waals surface area contributed by atoms with Gasteiger partial charge in [0.2, 0.25) is 0 Å². The molecule has 0 amide bonds. The predicted octanol–water partition coefficient (Wildman–Crippen LogP) is 15.5. The number of rotatable bonds is 7. The molecule has 11 rings (SSSR count). The van der Waals surface area contributed by atoms with Crippen LogP contribution < -0.4 is 14.5 Å². The molecule has 0 unspecified atom stereocenters. The van der Waals surface area contributed by atoms with Crippen LogP contribution in [0.2, 0.25) is 0 Å². The van der Waals surface area contributed by atoms with E-state index in [1.54, 1.807) is 0 Å². The molecule has 58 heavy (non-hydrogen) atoms. The summed E-state index contributed by atoms with van der Waals surface area (Å²) in [5.74, 6) is 1.70. The van der Waals surface area contributed by atoms with E-state index in [9.17, 15) is 0 Å². The molecule has 3 nitrogen and oxygen atoms in total. The maximum atomic E-state index is 6.90. The molecule has 1 heterocycles. The molecule has 0 aromatic heterocycles. The van der Waals surface area contributed by atoms with Crippen molar-refractivity contribution in [3.8, 4) is 44.9 Å². The number of nitrogens with zero attached hydrogens (tertiary/aromatic N) is 2. The van der Waals surface area contributed by atoms with Crippen LogP contribution >= 0.6 is 0 Å². The summed E-state index contributed by atoms with van der Waals surface area (Å²) >= 11 is 0. The van der Waals surface area contributed by atoms with Gasteiger partial charge in [0.15, 0.2) is 0 Å². The molecule has 0 spiro atoms. The third-order valence-corrected chi connectivity index (χ3v) is 12.0. The zero-order valence-corrected chi connectivity index (χ0v) is 32.4. The van der Waals surface area contributed by atoms with Crippen molar-refractivity contribution in [1.82, 2.24) is 0 Å². The van der Waals surface area contributed by atoms with Gasteiger partial charge in [0.1, 0.15) is 11.5 Å². The number of ether oxygens (including phenoxy) is 1. The van der Waals surface area contributed by atoms with Crippen molar-refractivity contribution >= 4 is 44.9 Å². The molecule has 0 bridgehead atoms. The van der Waals surface area contributed by atoms with Crippen LogP contribution in [-0.2, 0) is 5.41 Å². The van der Waals surface area contributed by atoms with Gasteiger partial charge < -0.3 is 14.5 Å². The Morgan fingerprint density at radius 3 is 1.69 bits per heavy atom. The van der Waals surface area contributed by atoms with Crippen molar-refractivity contribution < 1.29 is 4.74 Å². The second-order valence-corrected chi connectivity index (χ2v) is 15.7. The summed E-state index contributed by atoms with van der Waals surface area (Å²) in [6, 6.07) is 74.1. The fourth-order valence-electron chi connectivity index (χ4n) is 9.32. The van der Waals surface area contributed by atoms with Crippen LogP contribution in [0.4, 0.5) is 34.1 Å². The van der Waals surface area contributed by atoms with Crippen molar-refractivity contribution in [2.24, 2.45) is 0 Å². The van der Waals surface area contributed by atoms with Gasteiger partial charge in [-0.2, -0.15) is 0 Å². The Hall–Kier alpha value is -7.36. The summed E-state index contributed by atoms with van der Waals surface area (Å²) in [5, 5.41) is 2.22. The first-order valence-corrected chi connectivity index (χ1v) is 20.0. The van der Waals surface area contributed by atoms with E-state index in [2.05, 4.69) is 230 Å². The average molecular weight is 745 g/mol. The summed E-state index contributed by atoms with van der Waals surface area (Å²) in [7, 11) is 0. The van der Waals surface area contributed by atoms with E-state index < -0.39 is 0 Å². The molecule has 0 saturated carbocycles. The number of benzene rings is 9. The van der Waals surface area contributed by atoms with E-state index in [0.717, 1.165) is 67.5 Å². The minimum absolute atomic E-state index is 0.0807. The van der Waals surface area contributed by atoms with Gasteiger partial charge in [0, 0.05) is 44.5 Å². The SMILES string of the molecule is CC1(C)c2ccccc2-c2cc(N(c3ccc(-c4ccccc4)cc3)c3ccc4c5c(cccc35)-c3c(cccc3N(c3ccccc3)c3ccccc3)O4)ccc21. The molecule has 0 atom stereocenters. The van der Waals surface area contributed by atoms with Crippen molar-refractivity contribution in [1.29, 1.82) is 0 Å². The molecule has 1 aliphatic carbocycles. The third kappa shape index (κ3) is 5.35. The number of fused-ring (bicyclic) bond motifs is 5. The highest BCUT2D eigenvalue weighted by Crippen LogP contribution is 2.56. The first kappa shape index (κ1) is 33.9. The van der Waals surface area contributed by atoms with E-state index in [0.29, 0.717) is 0 Å². The summed E-state index contributed by atoms with van der Waals surface area (Å²) in [4.78, 5) is 4.76. The van der Waals surface area contributed by atoms with E-state index in [1.807, 2.05) is 0 Å². The Morgan fingerprint density at radius 1 is 0.379 bits per heavy atom. The lowest BCUT2D eigenvalue weighted by atomic mass is 9.82.